The van der Waals surface area contributed by atoms with Gasteiger partial charge in [0, 0.05) is 16.3 Å². The molecular weight excluding hydrogens is 368 g/mol. The van der Waals surface area contributed by atoms with Crippen molar-refractivity contribution >= 4 is 16.7 Å². The summed E-state index contributed by atoms with van der Waals surface area (Å²) in [5.41, 5.74) is 0.369. The number of para-hydroxylation sites is 1. The van der Waals surface area contributed by atoms with E-state index in [-0.39, 0.29) is 13.2 Å². The third-order valence-electron chi connectivity index (χ3n) is 4.12. The van der Waals surface area contributed by atoms with Gasteiger partial charge in [-0.2, -0.15) is 0 Å². The maximum Gasteiger partial charge on any atom is 0.333 e. The van der Waals surface area contributed by atoms with Crippen molar-refractivity contribution in [3.63, 3.8) is 0 Å². The van der Waals surface area contributed by atoms with E-state index in [1.165, 1.54) is 0 Å². The molecule has 150 valence electrons. The summed E-state index contributed by atoms with van der Waals surface area (Å²) < 4.78 is 22.4. The van der Waals surface area contributed by atoms with Crippen LogP contribution in [0.3, 0.4) is 0 Å². The minimum absolute atomic E-state index is 0.162. The largest absolute Gasteiger partial charge is 0.490 e. The van der Waals surface area contributed by atoms with Crippen LogP contribution in [-0.4, -0.2) is 32.4 Å². The van der Waals surface area contributed by atoms with Gasteiger partial charge in [0.05, 0.1) is 0 Å². The zero-order valence-corrected chi connectivity index (χ0v) is 16.4. The Kier molecular flexibility index (Phi) is 7.11. The molecule has 0 unspecified atom stereocenters. The number of hydrogen-bond acceptors (Lipinski definition) is 5. The lowest BCUT2D eigenvalue weighted by Gasteiger charge is -2.14. The molecule has 5 heteroatoms. The molecule has 0 N–H and O–H groups in total. The summed E-state index contributed by atoms with van der Waals surface area (Å²) in [5.74, 6) is 1.87. The summed E-state index contributed by atoms with van der Waals surface area (Å²) in [6, 6.07) is 21.2. The Morgan fingerprint density at radius 2 is 1.24 bits per heavy atom. The van der Waals surface area contributed by atoms with Crippen LogP contribution in [0.15, 0.2) is 78.9 Å². The third kappa shape index (κ3) is 5.75. The molecule has 0 saturated heterocycles. The van der Waals surface area contributed by atoms with Gasteiger partial charge in [-0.15, -0.1) is 0 Å². The third-order valence-corrected chi connectivity index (χ3v) is 4.12. The highest BCUT2D eigenvalue weighted by molar-refractivity contribution is 5.93. The zero-order valence-electron chi connectivity index (χ0n) is 16.4. The number of fused-ring (bicyclic) bond motifs is 1. The monoisotopic (exact) mass is 392 g/mol. The van der Waals surface area contributed by atoms with Crippen LogP contribution in [0.5, 0.6) is 17.2 Å². The zero-order chi connectivity index (χ0) is 20.5. The summed E-state index contributed by atoms with van der Waals surface area (Å²) in [4.78, 5) is 11.4. The number of esters is 1. The molecule has 0 spiro atoms. The van der Waals surface area contributed by atoms with Crippen molar-refractivity contribution in [1.82, 2.24) is 0 Å². The van der Waals surface area contributed by atoms with E-state index in [1.54, 1.807) is 6.92 Å². The Morgan fingerprint density at radius 1 is 0.724 bits per heavy atom. The lowest BCUT2D eigenvalue weighted by Crippen LogP contribution is -2.12. The summed E-state index contributed by atoms with van der Waals surface area (Å²) >= 11 is 0. The van der Waals surface area contributed by atoms with E-state index in [2.05, 4.69) is 6.58 Å². The Bertz CT molecular complexity index is 965. The van der Waals surface area contributed by atoms with Gasteiger partial charge in [0.15, 0.2) is 0 Å². The highest BCUT2D eigenvalue weighted by Crippen LogP contribution is 2.33. The maximum atomic E-state index is 11.4. The first kappa shape index (κ1) is 20.3. The van der Waals surface area contributed by atoms with Crippen molar-refractivity contribution in [2.45, 2.75) is 6.92 Å². The summed E-state index contributed by atoms with van der Waals surface area (Å²) in [7, 11) is 0. The van der Waals surface area contributed by atoms with Crippen molar-refractivity contribution in [2.75, 3.05) is 26.4 Å². The fraction of sp³-hybridized carbons (Fsp3) is 0.208. The van der Waals surface area contributed by atoms with Gasteiger partial charge in [-0.3, -0.25) is 0 Å². The molecule has 0 aliphatic carbocycles. The second kappa shape index (κ2) is 10.2. The molecule has 3 aromatic rings. The molecule has 29 heavy (non-hydrogen) atoms. The molecule has 0 aromatic heterocycles. The first-order valence-electron chi connectivity index (χ1n) is 9.43. The van der Waals surface area contributed by atoms with Crippen LogP contribution in [0.4, 0.5) is 0 Å². The van der Waals surface area contributed by atoms with Gasteiger partial charge in [0.1, 0.15) is 43.7 Å². The Morgan fingerprint density at radius 3 is 1.83 bits per heavy atom. The topological polar surface area (TPSA) is 54.0 Å². The minimum atomic E-state index is -0.417. The highest BCUT2D eigenvalue weighted by Gasteiger charge is 2.09. The average molecular weight is 392 g/mol. The van der Waals surface area contributed by atoms with Crippen molar-refractivity contribution in [3.8, 4) is 17.2 Å². The van der Waals surface area contributed by atoms with Crippen molar-refractivity contribution in [1.29, 1.82) is 0 Å². The Hall–Kier alpha value is -3.47. The standard InChI is InChI=1S/C24H24O5/c1-18(2)24(25)29-17-16-28-23-13-12-22(20-10-6-7-11-21(20)23)27-15-14-26-19-8-4-3-5-9-19/h3-13H,1,14-17H2,2H3. The van der Waals surface area contributed by atoms with Crippen LogP contribution in [0.25, 0.3) is 10.8 Å². The number of rotatable bonds is 10. The van der Waals surface area contributed by atoms with Gasteiger partial charge in [0.2, 0.25) is 0 Å². The molecule has 0 radical (unpaired) electrons. The second-order valence-corrected chi connectivity index (χ2v) is 6.38. The van der Waals surface area contributed by atoms with Crippen LogP contribution >= 0.6 is 0 Å². The first-order chi connectivity index (χ1) is 14.1. The minimum Gasteiger partial charge on any atom is -0.490 e. The quantitative estimate of drug-likeness (QED) is 0.282. The summed E-state index contributed by atoms with van der Waals surface area (Å²) in [6.07, 6.45) is 0. The summed E-state index contributed by atoms with van der Waals surface area (Å²) in [5, 5.41) is 1.88. The molecule has 0 amide bonds. The number of benzene rings is 3. The molecule has 0 heterocycles. The van der Waals surface area contributed by atoms with Crippen LogP contribution in [0.1, 0.15) is 6.92 Å². The Balaban J connectivity index is 1.58. The van der Waals surface area contributed by atoms with Gasteiger partial charge < -0.3 is 18.9 Å². The lowest BCUT2D eigenvalue weighted by molar-refractivity contribution is -0.139. The molecule has 0 saturated carbocycles. The molecule has 0 bridgehead atoms. The van der Waals surface area contributed by atoms with E-state index in [9.17, 15) is 4.79 Å². The first-order valence-corrected chi connectivity index (χ1v) is 9.43. The van der Waals surface area contributed by atoms with Crippen LogP contribution in [0, 0.1) is 0 Å². The van der Waals surface area contributed by atoms with E-state index in [0.29, 0.717) is 24.5 Å². The molecule has 3 aromatic carbocycles. The van der Waals surface area contributed by atoms with Crippen LogP contribution in [-0.2, 0) is 9.53 Å². The smallest absolute Gasteiger partial charge is 0.333 e. The van der Waals surface area contributed by atoms with E-state index in [1.807, 2.05) is 66.7 Å². The van der Waals surface area contributed by atoms with E-state index >= 15 is 0 Å². The van der Waals surface area contributed by atoms with Crippen molar-refractivity contribution in [3.05, 3.63) is 78.9 Å². The SMILES string of the molecule is C=C(C)C(=O)OCCOc1ccc(OCCOc2ccccc2)c2ccccc12. The number of hydrogen-bond donors (Lipinski definition) is 0. The predicted molar refractivity (Wildman–Crippen MR) is 113 cm³/mol. The van der Waals surface area contributed by atoms with Crippen LogP contribution < -0.4 is 14.2 Å². The van der Waals surface area contributed by atoms with E-state index < -0.39 is 5.97 Å². The Labute approximate surface area is 170 Å². The molecule has 0 aliphatic heterocycles. The van der Waals surface area contributed by atoms with E-state index in [4.69, 9.17) is 18.9 Å². The average Bonchev–Trinajstić information content (AvgIpc) is 2.75. The molecule has 0 atom stereocenters. The van der Waals surface area contributed by atoms with Gasteiger partial charge in [-0.1, -0.05) is 49.0 Å². The van der Waals surface area contributed by atoms with Crippen LogP contribution in [0.2, 0.25) is 0 Å². The highest BCUT2D eigenvalue weighted by atomic mass is 16.6. The van der Waals surface area contributed by atoms with Crippen molar-refractivity contribution < 1.29 is 23.7 Å². The van der Waals surface area contributed by atoms with E-state index in [0.717, 1.165) is 22.3 Å². The van der Waals surface area contributed by atoms with Gasteiger partial charge in [-0.05, 0) is 31.2 Å². The lowest BCUT2D eigenvalue weighted by atomic mass is 10.1. The molecule has 3 rings (SSSR count). The van der Waals surface area contributed by atoms with Gasteiger partial charge >= 0.3 is 5.97 Å². The van der Waals surface area contributed by atoms with Crippen molar-refractivity contribution in [2.24, 2.45) is 0 Å². The normalized spacial score (nSPS) is 10.4. The number of carbonyl (C=O) groups excluding carboxylic acids is 1. The maximum absolute atomic E-state index is 11.4. The van der Waals surface area contributed by atoms with Gasteiger partial charge in [0.25, 0.3) is 0 Å². The molecule has 0 fully saturated rings. The molecule has 5 nitrogen and oxygen atoms in total. The number of carbonyl (C=O) groups is 1. The predicted octanol–water partition coefficient (Wildman–Crippen LogP) is 4.80. The molecular formula is C24H24O5. The fourth-order valence-corrected chi connectivity index (χ4v) is 2.73. The van der Waals surface area contributed by atoms with Gasteiger partial charge in [-0.25, -0.2) is 4.79 Å². The molecule has 0 aliphatic rings. The number of ether oxygens (including phenoxy) is 4. The second-order valence-electron chi connectivity index (χ2n) is 6.38. The fourth-order valence-electron chi connectivity index (χ4n) is 2.73. The summed E-state index contributed by atoms with van der Waals surface area (Å²) in [6.45, 7) is 6.46.